The average Bonchev–Trinajstić information content (AvgIpc) is 2.93. The van der Waals surface area contributed by atoms with Gasteiger partial charge < -0.3 is 20.1 Å². The van der Waals surface area contributed by atoms with Crippen LogP contribution in [0.5, 0.6) is 0 Å². The zero-order valence-corrected chi connectivity index (χ0v) is 23.0. The molecule has 2 N–H and O–H groups in total. The van der Waals surface area contributed by atoms with Crippen LogP contribution in [0.2, 0.25) is 0 Å². The average molecular weight is 539 g/mol. The summed E-state index contributed by atoms with van der Waals surface area (Å²) in [7, 11) is 0. The van der Waals surface area contributed by atoms with Crippen molar-refractivity contribution in [2.45, 2.75) is 77.2 Å². The summed E-state index contributed by atoms with van der Waals surface area (Å²) < 4.78 is 10.5. The summed E-state index contributed by atoms with van der Waals surface area (Å²) in [6, 6.07) is 19.8. The SMILES string of the molecule is C[C@H](CNC(=O)CCCC(=O)OCCCc1ccccc1)NC(=O)CCCC(=O)OCCCc1ccccc1. The maximum atomic E-state index is 12.1. The fourth-order valence-electron chi connectivity index (χ4n) is 3.90. The highest BCUT2D eigenvalue weighted by Gasteiger charge is 2.11. The van der Waals surface area contributed by atoms with Crippen molar-refractivity contribution in [3.8, 4) is 0 Å². The minimum absolute atomic E-state index is 0.177. The van der Waals surface area contributed by atoms with Crippen LogP contribution in [0, 0.1) is 0 Å². The van der Waals surface area contributed by atoms with E-state index in [1.165, 1.54) is 11.1 Å². The van der Waals surface area contributed by atoms with E-state index < -0.39 is 0 Å². The minimum atomic E-state index is -0.299. The standard InChI is InChI=1S/C31H42N2O6/c1-25(33-29(35)19-9-21-31(37)39-23-11-17-27-14-6-3-7-15-27)24-32-28(34)18-8-20-30(36)38-22-10-16-26-12-4-2-5-13-26/h2-7,12-15,25H,8-11,16-24H2,1H3,(H,32,34)(H,33,35)/t25-/m1/s1. The predicted molar refractivity (Wildman–Crippen MR) is 150 cm³/mol. The zero-order chi connectivity index (χ0) is 28.1. The summed E-state index contributed by atoms with van der Waals surface area (Å²) in [6.07, 6.45) is 4.87. The molecule has 2 aromatic rings. The van der Waals surface area contributed by atoms with E-state index in [2.05, 4.69) is 10.6 Å². The lowest BCUT2D eigenvalue weighted by Crippen LogP contribution is -2.41. The molecule has 8 nitrogen and oxygen atoms in total. The van der Waals surface area contributed by atoms with Crippen molar-refractivity contribution in [2.24, 2.45) is 0 Å². The summed E-state index contributed by atoms with van der Waals surface area (Å²) >= 11 is 0. The number of hydrogen-bond acceptors (Lipinski definition) is 6. The second kappa shape index (κ2) is 19.4. The van der Waals surface area contributed by atoms with Crippen LogP contribution in [-0.2, 0) is 41.5 Å². The van der Waals surface area contributed by atoms with Crippen molar-refractivity contribution in [3.05, 3.63) is 71.8 Å². The van der Waals surface area contributed by atoms with Gasteiger partial charge in [0.1, 0.15) is 0 Å². The molecule has 8 heteroatoms. The van der Waals surface area contributed by atoms with Crippen LogP contribution in [-0.4, -0.2) is 49.6 Å². The van der Waals surface area contributed by atoms with Crippen LogP contribution >= 0.6 is 0 Å². The Labute approximate surface area is 231 Å². The summed E-state index contributed by atoms with van der Waals surface area (Å²) in [6.45, 7) is 2.82. The molecule has 0 aliphatic carbocycles. The Morgan fingerprint density at radius 2 is 1.10 bits per heavy atom. The van der Waals surface area contributed by atoms with Gasteiger partial charge in [0.2, 0.25) is 11.8 Å². The van der Waals surface area contributed by atoms with Gasteiger partial charge in [-0.25, -0.2) is 0 Å². The number of ether oxygens (including phenoxy) is 2. The molecule has 0 aliphatic rings. The lowest BCUT2D eigenvalue weighted by Gasteiger charge is -2.15. The topological polar surface area (TPSA) is 111 Å². The van der Waals surface area contributed by atoms with Crippen molar-refractivity contribution in [3.63, 3.8) is 0 Å². The summed E-state index contributed by atoms with van der Waals surface area (Å²) in [4.78, 5) is 47.8. The Bertz CT molecular complexity index is 997. The van der Waals surface area contributed by atoms with E-state index in [0.717, 1.165) is 25.7 Å². The third-order valence-electron chi connectivity index (χ3n) is 6.01. The van der Waals surface area contributed by atoms with Gasteiger partial charge >= 0.3 is 11.9 Å². The highest BCUT2D eigenvalue weighted by atomic mass is 16.5. The van der Waals surface area contributed by atoms with Crippen molar-refractivity contribution in [1.29, 1.82) is 0 Å². The van der Waals surface area contributed by atoms with Gasteiger partial charge in [0.15, 0.2) is 0 Å². The molecule has 0 saturated heterocycles. The molecule has 0 bridgehead atoms. The van der Waals surface area contributed by atoms with Crippen LogP contribution in [0.25, 0.3) is 0 Å². The van der Waals surface area contributed by atoms with E-state index in [1.807, 2.05) is 60.7 Å². The fraction of sp³-hybridized carbons (Fsp3) is 0.484. The van der Waals surface area contributed by atoms with Crippen LogP contribution in [0.1, 0.15) is 69.4 Å². The molecule has 0 saturated carbocycles. The minimum Gasteiger partial charge on any atom is -0.466 e. The number of amides is 2. The molecule has 2 rings (SSSR count). The maximum Gasteiger partial charge on any atom is 0.305 e. The molecule has 0 radical (unpaired) electrons. The van der Waals surface area contributed by atoms with Gasteiger partial charge in [-0.1, -0.05) is 60.7 Å². The maximum absolute atomic E-state index is 12.1. The summed E-state index contributed by atoms with van der Waals surface area (Å²) in [5, 5.41) is 5.58. The monoisotopic (exact) mass is 538 g/mol. The van der Waals surface area contributed by atoms with E-state index >= 15 is 0 Å². The Balaban J connectivity index is 1.42. The Morgan fingerprint density at radius 1 is 0.641 bits per heavy atom. The smallest absolute Gasteiger partial charge is 0.305 e. The van der Waals surface area contributed by atoms with E-state index in [1.54, 1.807) is 6.92 Å². The normalized spacial score (nSPS) is 11.3. The molecule has 0 fully saturated rings. The Morgan fingerprint density at radius 3 is 1.59 bits per heavy atom. The van der Waals surface area contributed by atoms with Crippen molar-refractivity contribution in [1.82, 2.24) is 10.6 Å². The first-order chi connectivity index (χ1) is 18.9. The number of carbonyl (C=O) groups excluding carboxylic acids is 4. The molecule has 2 amide bonds. The van der Waals surface area contributed by atoms with Crippen LogP contribution < -0.4 is 10.6 Å². The number of benzene rings is 2. The predicted octanol–water partition coefficient (Wildman–Crippen LogP) is 4.30. The number of esters is 2. The molecule has 0 aromatic heterocycles. The van der Waals surface area contributed by atoms with Crippen molar-refractivity contribution >= 4 is 23.8 Å². The van der Waals surface area contributed by atoms with Gasteiger partial charge in [-0.15, -0.1) is 0 Å². The van der Waals surface area contributed by atoms with Gasteiger partial charge in [0, 0.05) is 38.3 Å². The molecule has 2 aromatic carbocycles. The molecule has 39 heavy (non-hydrogen) atoms. The molecule has 0 spiro atoms. The van der Waals surface area contributed by atoms with Gasteiger partial charge in [-0.05, 0) is 56.6 Å². The van der Waals surface area contributed by atoms with E-state index in [0.29, 0.717) is 26.1 Å². The molecular weight excluding hydrogens is 496 g/mol. The molecule has 0 heterocycles. The van der Waals surface area contributed by atoms with Crippen LogP contribution in [0.3, 0.4) is 0 Å². The van der Waals surface area contributed by atoms with Gasteiger partial charge in [0.05, 0.1) is 13.2 Å². The number of aryl methyl sites for hydroxylation is 2. The van der Waals surface area contributed by atoms with Crippen LogP contribution in [0.4, 0.5) is 0 Å². The second-order valence-corrected chi connectivity index (χ2v) is 9.60. The highest BCUT2D eigenvalue weighted by Crippen LogP contribution is 2.05. The lowest BCUT2D eigenvalue weighted by atomic mass is 10.1. The van der Waals surface area contributed by atoms with E-state index in [9.17, 15) is 19.2 Å². The van der Waals surface area contributed by atoms with Crippen LogP contribution in [0.15, 0.2) is 60.7 Å². The molecule has 0 unspecified atom stereocenters. The lowest BCUT2D eigenvalue weighted by molar-refractivity contribution is -0.145. The molecule has 1 atom stereocenters. The zero-order valence-electron chi connectivity index (χ0n) is 23.0. The molecule has 212 valence electrons. The van der Waals surface area contributed by atoms with Crippen molar-refractivity contribution in [2.75, 3.05) is 19.8 Å². The van der Waals surface area contributed by atoms with Crippen molar-refractivity contribution < 1.29 is 28.7 Å². The van der Waals surface area contributed by atoms with Gasteiger partial charge in [-0.3, -0.25) is 19.2 Å². The third-order valence-corrected chi connectivity index (χ3v) is 6.01. The number of carbonyl (C=O) groups is 4. The Hall–Kier alpha value is -3.68. The summed E-state index contributed by atoms with van der Waals surface area (Å²) in [5.74, 6) is -0.952. The van der Waals surface area contributed by atoms with E-state index in [4.69, 9.17) is 9.47 Å². The first-order valence-electron chi connectivity index (χ1n) is 13.9. The Kier molecular flexibility index (Phi) is 15.7. The largest absolute Gasteiger partial charge is 0.466 e. The second-order valence-electron chi connectivity index (χ2n) is 9.60. The third kappa shape index (κ3) is 16.0. The molecule has 0 aliphatic heterocycles. The number of nitrogens with one attached hydrogen (secondary N) is 2. The number of hydrogen-bond donors (Lipinski definition) is 2. The first kappa shape index (κ1) is 31.5. The van der Waals surface area contributed by atoms with Gasteiger partial charge in [-0.2, -0.15) is 0 Å². The summed E-state index contributed by atoms with van der Waals surface area (Å²) in [5.41, 5.74) is 2.42. The van der Waals surface area contributed by atoms with E-state index in [-0.39, 0.29) is 62.0 Å². The van der Waals surface area contributed by atoms with Gasteiger partial charge in [0.25, 0.3) is 0 Å². The number of rotatable bonds is 19. The quantitative estimate of drug-likeness (QED) is 0.204. The highest BCUT2D eigenvalue weighted by molar-refractivity contribution is 5.78. The fourth-order valence-corrected chi connectivity index (χ4v) is 3.90. The molecular formula is C31H42N2O6. The first-order valence-corrected chi connectivity index (χ1v) is 13.9.